The average molecular weight is 270 g/mol. The van der Waals surface area contributed by atoms with Gasteiger partial charge in [-0.2, -0.15) is 0 Å². The Morgan fingerprint density at radius 3 is 2.53 bits per heavy atom. The molecule has 0 rings (SSSR count). The number of aliphatic hydroxyl groups excluding tert-OH is 1. The van der Waals surface area contributed by atoms with Crippen LogP contribution in [0.5, 0.6) is 0 Å². The van der Waals surface area contributed by atoms with Crippen LogP contribution in [0.4, 0.5) is 0 Å². The van der Waals surface area contributed by atoms with Gasteiger partial charge in [0.2, 0.25) is 0 Å². The van der Waals surface area contributed by atoms with Crippen LogP contribution in [0.1, 0.15) is 53.4 Å². The van der Waals surface area contributed by atoms with Crippen LogP contribution >= 0.6 is 0 Å². The molecule has 0 aromatic heterocycles. The van der Waals surface area contributed by atoms with Gasteiger partial charge in [-0.25, -0.2) is 10.1 Å². The van der Waals surface area contributed by atoms with Crippen LogP contribution in [0.2, 0.25) is 0 Å². The maximum Gasteiger partial charge on any atom is 0.188 e. The number of allylic oxidation sites excluding steroid dienone is 4. The number of carbonyl (C=O) groups excluding carboxylic acids is 1. The molecule has 0 amide bonds. The van der Waals surface area contributed by atoms with Gasteiger partial charge in [-0.05, 0) is 32.1 Å². The predicted octanol–water partition coefficient (Wildman–Crippen LogP) is 3.47. The lowest BCUT2D eigenvalue weighted by Gasteiger charge is -2.18. The predicted molar refractivity (Wildman–Crippen MR) is 75.5 cm³/mol. The van der Waals surface area contributed by atoms with Gasteiger partial charge >= 0.3 is 0 Å². The molecule has 0 bridgehead atoms. The van der Waals surface area contributed by atoms with Gasteiger partial charge in [0.05, 0.1) is 0 Å². The normalized spacial score (nSPS) is 14.9. The Bertz CT molecular complexity index is 329. The van der Waals surface area contributed by atoms with Crippen LogP contribution < -0.4 is 0 Å². The van der Waals surface area contributed by atoms with E-state index < -0.39 is 6.29 Å². The number of Topliss-reactive ketones (excluding diaryl/α,β-unsaturated/α-hetero) is 1. The van der Waals surface area contributed by atoms with Crippen molar-refractivity contribution in [2.75, 3.05) is 0 Å². The quantitative estimate of drug-likeness (QED) is 0.291. The van der Waals surface area contributed by atoms with Gasteiger partial charge in [-0.3, -0.25) is 4.79 Å². The van der Waals surface area contributed by atoms with E-state index in [1.165, 1.54) is 0 Å². The first-order valence-corrected chi connectivity index (χ1v) is 6.58. The fourth-order valence-electron chi connectivity index (χ4n) is 1.56. The first-order chi connectivity index (χ1) is 8.76. The van der Waals surface area contributed by atoms with E-state index >= 15 is 0 Å². The largest absolute Gasteiger partial charge is 0.366 e. The van der Waals surface area contributed by atoms with Crippen molar-refractivity contribution in [1.29, 1.82) is 0 Å². The summed E-state index contributed by atoms with van der Waals surface area (Å²) in [5.74, 6) is 0.164. The molecule has 0 saturated heterocycles. The molecule has 4 nitrogen and oxygen atoms in total. The number of rotatable bonds is 9. The number of hydrogen-bond acceptors (Lipinski definition) is 4. The standard InChI is InChI=1S/C15H26O4/c1-12(7-8-14(17)19-18)9-11-15(3,4)10-5-6-13(2)16/h5,9-10,14,17-18H,6-8,11H2,1-4H3/b10-5+,12-9+. The lowest BCUT2D eigenvalue weighted by atomic mass is 9.87. The Morgan fingerprint density at radius 2 is 2.00 bits per heavy atom. The van der Waals surface area contributed by atoms with Gasteiger partial charge in [0.25, 0.3) is 0 Å². The summed E-state index contributed by atoms with van der Waals surface area (Å²) >= 11 is 0. The van der Waals surface area contributed by atoms with Crippen LogP contribution in [-0.2, 0) is 9.68 Å². The molecule has 0 saturated carbocycles. The molecule has 0 aliphatic carbocycles. The highest BCUT2D eigenvalue weighted by Crippen LogP contribution is 2.24. The SMILES string of the molecule is CC(=O)C/C=C/C(C)(C)C/C=C(\C)CCC(O)OO. The van der Waals surface area contributed by atoms with Gasteiger partial charge < -0.3 is 5.11 Å². The third-order valence-electron chi connectivity index (χ3n) is 2.86. The van der Waals surface area contributed by atoms with E-state index in [9.17, 15) is 4.79 Å². The second kappa shape index (κ2) is 9.02. The zero-order chi connectivity index (χ0) is 14.9. The summed E-state index contributed by atoms with van der Waals surface area (Å²) in [6.45, 7) is 7.79. The second-order valence-electron chi connectivity index (χ2n) is 5.65. The highest BCUT2D eigenvalue weighted by molar-refractivity contribution is 5.76. The summed E-state index contributed by atoms with van der Waals surface area (Å²) in [4.78, 5) is 14.7. The van der Waals surface area contributed by atoms with Crippen LogP contribution in [0.25, 0.3) is 0 Å². The zero-order valence-electron chi connectivity index (χ0n) is 12.3. The summed E-state index contributed by atoms with van der Waals surface area (Å²) in [7, 11) is 0. The number of ketones is 1. The Hall–Kier alpha value is -0.970. The lowest BCUT2D eigenvalue weighted by Crippen LogP contribution is -2.09. The van der Waals surface area contributed by atoms with Crippen LogP contribution in [-0.4, -0.2) is 22.4 Å². The van der Waals surface area contributed by atoms with Gasteiger partial charge in [-0.1, -0.05) is 37.6 Å². The molecule has 0 fully saturated rings. The molecule has 1 atom stereocenters. The minimum atomic E-state index is -1.12. The highest BCUT2D eigenvalue weighted by Gasteiger charge is 2.12. The summed E-state index contributed by atoms with van der Waals surface area (Å²) in [6, 6.07) is 0. The number of aliphatic hydroxyl groups is 1. The van der Waals surface area contributed by atoms with Crippen molar-refractivity contribution >= 4 is 5.78 Å². The van der Waals surface area contributed by atoms with Crippen molar-refractivity contribution in [3.8, 4) is 0 Å². The van der Waals surface area contributed by atoms with E-state index in [0.29, 0.717) is 19.3 Å². The van der Waals surface area contributed by atoms with Crippen molar-refractivity contribution in [2.45, 2.75) is 59.7 Å². The molecule has 0 aliphatic heterocycles. The average Bonchev–Trinajstić information content (AvgIpc) is 2.32. The van der Waals surface area contributed by atoms with E-state index in [1.807, 2.05) is 13.0 Å². The van der Waals surface area contributed by atoms with Crippen molar-refractivity contribution in [3.63, 3.8) is 0 Å². The van der Waals surface area contributed by atoms with E-state index in [-0.39, 0.29) is 11.2 Å². The topological polar surface area (TPSA) is 66.8 Å². The van der Waals surface area contributed by atoms with Crippen LogP contribution in [0, 0.1) is 5.41 Å². The van der Waals surface area contributed by atoms with Crippen LogP contribution in [0.15, 0.2) is 23.8 Å². The molecule has 0 aliphatic rings. The molecule has 0 aromatic rings. The Labute approximate surface area is 115 Å². The second-order valence-corrected chi connectivity index (χ2v) is 5.65. The third kappa shape index (κ3) is 10.6. The maximum absolute atomic E-state index is 10.9. The summed E-state index contributed by atoms with van der Waals surface area (Å²) < 4.78 is 0. The molecule has 4 heteroatoms. The molecule has 19 heavy (non-hydrogen) atoms. The Morgan fingerprint density at radius 1 is 1.37 bits per heavy atom. The van der Waals surface area contributed by atoms with E-state index in [2.05, 4.69) is 30.9 Å². The Kier molecular flexibility index (Phi) is 8.56. The molecule has 2 N–H and O–H groups in total. The van der Waals surface area contributed by atoms with Gasteiger partial charge in [-0.15, -0.1) is 0 Å². The number of carbonyl (C=O) groups is 1. The molecule has 110 valence electrons. The molecular formula is C15H26O4. The summed E-state index contributed by atoms with van der Waals surface area (Å²) in [5.41, 5.74) is 1.15. The van der Waals surface area contributed by atoms with E-state index in [0.717, 1.165) is 12.0 Å². The van der Waals surface area contributed by atoms with Crippen molar-refractivity contribution in [3.05, 3.63) is 23.8 Å². The minimum absolute atomic E-state index is 0.00278. The van der Waals surface area contributed by atoms with Gasteiger partial charge in [0, 0.05) is 12.8 Å². The third-order valence-corrected chi connectivity index (χ3v) is 2.86. The highest BCUT2D eigenvalue weighted by atomic mass is 17.1. The summed E-state index contributed by atoms with van der Waals surface area (Å²) in [6.07, 6.45) is 7.36. The first kappa shape index (κ1) is 18.0. The lowest BCUT2D eigenvalue weighted by molar-refractivity contribution is -0.335. The van der Waals surface area contributed by atoms with Gasteiger partial charge in [0.15, 0.2) is 6.29 Å². The fraction of sp³-hybridized carbons (Fsp3) is 0.667. The van der Waals surface area contributed by atoms with Gasteiger partial charge in [0.1, 0.15) is 5.78 Å². The summed E-state index contributed by atoms with van der Waals surface area (Å²) in [5, 5.41) is 17.3. The van der Waals surface area contributed by atoms with Crippen molar-refractivity contribution < 1.29 is 20.0 Å². The van der Waals surface area contributed by atoms with E-state index in [4.69, 9.17) is 10.4 Å². The monoisotopic (exact) mass is 270 g/mol. The molecule has 0 aromatic carbocycles. The minimum Gasteiger partial charge on any atom is -0.366 e. The first-order valence-electron chi connectivity index (χ1n) is 6.58. The molecule has 0 heterocycles. The molecule has 1 unspecified atom stereocenters. The van der Waals surface area contributed by atoms with Crippen LogP contribution in [0.3, 0.4) is 0 Å². The molecule has 0 radical (unpaired) electrons. The molecule has 0 spiro atoms. The zero-order valence-corrected chi connectivity index (χ0v) is 12.3. The number of hydrogen-bond donors (Lipinski definition) is 2. The van der Waals surface area contributed by atoms with E-state index in [1.54, 1.807) is 6.92 Å². The van der Waals surface area contributed by atoms with Crippen molar-refractivity contribution in [1.82, 2.24) is 0 Å². The Balaban J connectivity index is 4.19. The maximum atomic E-state index is 10.9. The molecular weight excluding hydrogens is 244 g/mol. The fourth-order valence-corrected chi connectivity index (χ4v) is 1.56. The smallest absolute Gasteiger partial charge is 0.188 e. The van der Waals surface area contributed by atoms with Crippen molar-refractivity contribution in [2.24, 2.45) is 5.41 Å².